The van der Waals surface area contributed by atoms with Crippen LogP contribution >= 0.6 is 0 Å². The van der Waals surface area contributed by atoms with Gasteiger partial charge in [0.2, 0.25) is 15.9 Å². The lowest BCUT2D eigenvalue weighted by molar-refractivity contribution is -0.120. The minimum Gasteiger partial charge on any atom is -0.493 e. The Balaban J connectivity index is 1.87. The summed E-state index contributed by atoms with van der Waals surface area (Å²) in [6.07, 6.45) is 1.72. The SMILES string of the molecule is CCC(NC(=O)CN(c1cccc2ccccc12)S(C)(=O)=O)c1ccc(OC)c(OC)c1. The van der Waals surface area contributed by atoms with Gasteiger partial charge < -0.3 is 14.8 Å². The zero-order valence-corrected chi connectivity index (χ0v) is 19.5. The predicted octanol–water partition coefficient (Wildman–Crippen LogP) is 3.89. The number of fused-ring (bicyclic) bond motifs is 1. The van der Waals surface area contributed by atoms with Crippen LogP contribution in [0.4, 0.5) is 5.69 Å². The molecular weight excluding hydrogens is 428 g/mol. The number of amides is 1. The average molecular weight is 457 g/mol. The molecule has 0 saturated heterocycles. The lowest BCUT2D eigenvalue weighted by Crippen LogP contribution is -2.41. The maximum absolute atomic E-state index is 13.0. The molecule has 3 aromatic carbocycles. The largest absolute Gasteiger partial charge is 0.493 e. The molecule has 170 valence electrons. The van der Waals surface area contributed by atoms with E-state index < -0.39 is 15.9 Å². The van der Waals surface area contributed by atoms with Crippen molar-refractivity contribution >= 4 is 32.4 Å². The van der Waals surface area contributed by atoms with Gasteiger partial charge in [-0.3, -0.25) is 9.10 Å². The van der Waals surface area contributed by atoms with E-state index in [1.165, 1.54) is 0 Å². The lowest BCUT2D eigenvalue weighted by atomic mass is 10.0. The van der Waals surface area contributed by atoms with Gasteiger partial charge in [-0.05, 0) is 35.6 Å². The number of ether oxygens (including phenoxy) is 2. The van der Waals surface area contributed by atoms with Crippen molar-refractivity contribution in [1.29, 1.82) is 0 Å². The third kappa shape index (κ3) is 5.13. The molecule has 1 unspecified atom stereocenters. The highest BCUT2D eigenvalue weighted by atomic mass is 32.2. The van der Waals surface area contributed by atoms with Crippen LogP contribution in [0.25, 0.3) is 10.8 Å². The van der Waals surface area contributed by atoms with Crippen LogP contribution in [0.5, 0.6) is 11.5 Å². The summed E-state index contributed by atoms with van der Waals surface area (Å²) in [4.78, 5) is 13.0. The Morgan fingerprint density at radius 2 is 1.69 bits per heavy atom. The van der Waals surface area contributed by atoms with Gasteiger partial charge in [-0.15, -0.1) is 0 Å². The maximum Gasteiger partial charge on any atom is 0.241 e. The second kappa shape index (κ2) is 9.91. The van der Waals surface area contributed by atoms with Crippen LogP contribution in [0.2, 0.25) is 0 Å². The number of benzene rings is 3. The van der Waals surface area contributed by atoms with Gasteiger partial charge in [-0.2, -0.15) is 0 Å². The van der Waals surface area contributed by atoms with Gasteiger partial charge in [0.15, 0.2) is 11.5 Å². The minimum atomic E-state index is -3.70. The van der Waals surface area contributed by atoms with Crippen molar-refractivity contribution < 1.29 is 22.7 Å². The number of methoxy groups -OCH3 is 2. The van der Waals surface area contributed by atoms with Gasteiger partial charge in [0, 0.05) is 5.39 Å². The maximum atomic E-state index is 13.0. The Morgan fingerprint density at radius 1 is 1.00 bits per heavy atom. The standard InChI is InChI=1S/C24H28N2O5S/c1-5-20(18-13-14-22(30-2)23(15-18)31-3)25-24(27)16-26(32(4,28)29)21-12-8-10-17-9-6-7-11-19(17)21/h6-15,20H,5,16H2,1-4H3,(H,25,27). The van der Waals surface area contributed by atoms with Crippen molar-refractivity contribution in [3.8, 4) is 11.5 Å². The molecule has 0 aliphatic heterocycles. The molecule has 0 spiro atoms. The van der Waals surface area contributed by atoms with Crippen LogP contribution in [-0.2, 0) is 14.8 Å². The van der Waals surface area contributed by atoms with Gasteiger partial charge in [-0.1, -0.05) is 49.4 Å². The highest BCUT2D eigenvalue weighted by Crippen LogP contribution is 2.31. The molecule has 0 radical (unpaired) electrons. The monoisotopic (exact) mass is 456 g/mol. The summed E-state index contributed by atoms with van der Waals surface area (Å²) in [6.45, 7) is 1.62. The molecule has 8 heteroatoms. The number of nitrogens with one attached hydrogen (secondary N) is 1. The fourth-order valence-electron chi connectivity index (χ4n) is 3.67. The van der Waals surface area contributed by atoms with E-state index in [2.05, 4.69) is 5.32 Å². The van der Waals surface area contributed by atoms with E-state index in [-0.39, 0.29) is 12.6 Å². The second-order valence-corrected chi connectivity index (χ2v) is 9.32. The van der Waals surface area contributed by atoms with Crippen LogP contribution in [0.1, 0.15) is 24.9 Å². The molecule has 3 aromatic rings. The Hall–Kier alpha value is -3.26. The lowest BCUT2D eigenvalue weighted by Gasteiger charge is -2.25. The summed E-state index contributed by atoms with van der Waals surface area (Å²) >= 11 is 0. The van der Waals surface area contributed by atoms with E-state index in [0.717, 1.165) is 26.9 Å². The van der Waals surface area contributed by atoms with Crippen molar-refractivity contribution in [2.75, 3.05) is 31.3 Å². The van der Waals surface area contributed by atoms with E-state index in [4.69, 9.17) is 9.47 Å². The molecule has 3 rings (SSSR count). The normalized spacial score (nSPS) is 12.2. The van der Waals surface area contributed by atoms with E-state index in [0.29, 0.717) is 23.6 Å². The summed E-state index contributed by atoms with van der Waals surface area (Å²) in [6, 6.07) is 18.0. The van der Waals surface area contributed by atoms with Gasteiger partial charge in [-0.25, -0.2) is 8.42 Å². The van der Waals surface area contributed by atoms with E-state index in [9.17, 15) is 13.2 Å². The van der Waals surface area contributed by atoms with Gasteiger partial charge in [0.1, 0.15) is 6.54 Å². The Kier molecular flexibility index (Phi) is 7.25. The highest BCUT2D eigenvalue weighted by molar-refractivity contribution is 7.92. The van der Waals surface area contributed by atoms with Crippen LogP contribution in [-0.4, -0.2) is 41.3 Å². The number of anilines is 1. The van der Waals surface area contributed by atoms with Crippen molar-refractivity contribution in [2.45, 2.75) is 19.4 Å². The van der Waals surface area contributed by atoms with Crippen molar-refractivity contribution in [1.82, 2.24) is 5.32 Å². The van der Waals surface area contributed by atoms with Crippen LogP contribution in [0.15, 0.2) is 60.7 Å². The molecule has 0 fully saturated rings. The first-order chi connectivity index (χ1) is 15.3. The number of carbonyl (C=O) groups excluding carboxylic acids is 1. The average Bonchev–Trinajstić information content (AvgIpc) is 2.79. The fourth-order valence-corrected chi connectivity index (χ4v) is 4.54. The first-order valence-electron chi connectivity index (χ1n) is 10.2. The Morgan fingerprint density at radius 3 is 2.34 bits per heavy atom. The second-order valence-electron chi connectivity index (χ2n) is 7.41. The zero-order valence-electron chi connectivity index (χ0n) is 18.7. The van der Waals surface area contributed by atoms with E-state index >= 15 is 0 Å². The molecule has 0 aromatic heterocycles. The van der Waals surface area contributed by atoms with Gasteiger partial charge in [0.25, 0.3) is 0 Å². The molecule has 0 aliphatic rings. The molecule has 0 aliphatic carbocycles. The Bertz CT molecular complexity index is 1200. The molecule has 1 atom stereocenters. The molecule has 32 heavy (non-hydrogen) atoms. The fraction of sp³-hybridized carbons (Fsp3) is 0.292. The molecule has 0 bridgehead atoms. The number of hydrogen-bond donors (Lipinski definition) is 1. The number of sulfonamides is 1. The molecule has 1 N–H and O–H groups in total. The summed E-state index contributed by atoms with van der Waals surface area (Å²) in [5.74, 6) is 0.757. The molecule has 0 heterocycles. The molecule has 1 amide bonds. The third-order valence-electron chi connectivity index (χ3n) is 5.28. The quantitative estimate of drug-likeness (QED) is 0.528. The smallest absolute Gasteiger partial charge is 0.241 e. The minimum absolute atomic E-state index is 0.309. The van der Waals surface area contributed by atoms with Crippen molar-refractivity contribution in [2.24, 2.45) is 0 Å². The van der Waals surface area contributed by atoms with Crippen molar-refractivity contribution in [3.05, 3.63) is 66.2 Å². The number of hydrogen-bond acceptors (Lipinski definition) is 5. The summed E-state index contributed by atoms with van der Waals surface area (Å²) in [5.41, 5.74) is 1.31. The first kappa shape index (κ1) is 23.4. The van der Waals surface area contributed by atoms with Gasteiger partial charge >= 0.3 is 0 Å². The van der Waals surface area contributed by atoms with Gasteiger partial charge in [0.05, 0.1) is 32.2 Å². The van der Waals surface area contributed by atoms with Crippen LogP contribution in [0, 0.1) is 0 Å². The third-order valence-corrected chi connectivity index (χ3v) is 6.40. The molecule has 0 saturated carbocycles. The summed E-state index contributed by atoms with van der Waals surface area (Å²) in [7, 11) is -0.585. The summed E-state index contributed by atoms with van der Waals surface area (Å²) in [5, 5.41) is 4.61. The van der Waals surface area contributed by atoms with Crippen LogP contribution < -0.4 is 19.1 Å². The number of rotatable bonds is 9. The number of carbonyl (C=O) groups is 1. The zero-order chi connectivity index (χ0) is 23.3. The number of nitrogens with zero attached hydrogens (tertiary/aromatic N) is 1. The van der Waals surface area contributed by atoms with Crippen LogP contribution in [0.3, 0.4) is 0 Å². The topological polar surface area (TPSA) is 84.9 Å². The highest BCUT2D eigenvalue weighted by Gasteiger charge is 2.24. The Labute approximate surface area is 189 Å². The predicted molar refractivity (Wildman–Crippen MR) is 127 cm³/mol. The summed E-state index contributed by atoms with van der Waals surface area (Å²) < 4.78 is 37.0. The first-order valence-corrected chi connectivity index (χ1v) is 12.1. The van der Waals surface area contributed by atoms with E-state index in [1.807, 2.05) is 49.4 Å². The molecular formula is C24H28N2O5S. The van der Waals surface area contributed by atoms with Crippen molar-refractivity contribution in [3.63, 3.8) is 0 Å². The van der Waals surface area contributed by atoms with E-state index in [1.54, 1.807) is 32.4 Å². The molecule has 7 nitrogen and oxygen atoms in total.